The lowest BCUT2D eigenvalue weighted by Crippen LogP contribution is -2.60. The van der Waals surface area contributed by atoms with Crippen molar-refractivity contribution in [2.75, 3.05) is 9.71 Å². The van der Waals surface area contributed by atoms with Gasteiger partial charge in [-0.2, -0.15) is 0 Å². The average Bonchev–Trinajstić information content (AvgIpc) is 4.06. The summed E-state index contributed by atoms with van der Waals surface area (Å²) in [5.41, 5.74) is 25.0. The lowest BCUT2D eigenvalue weighted by atomic mass is 9.43. The van der Waals surface area contributed by atoms with Crippen molar-refractivity contribution in [1.29, 1.82) is 0 Å². The van der Waals surface area contributed by atoms with Crippen LogP contribution in [0.25, 0.3) is 93.6 Å². The van der Waals surface area contributed by atoms with Gasteiger partial charge in [-0.15, -0.1) is 0 Å². The van der Waals surface area contributed by atoms with Gasteiger partial charge < -0.3 is 23.1 Å². The molecule has 0 atom stereocenters. The van der Waals surface area contributed by atoms with E-state index in [9.17, 15) is 0 Å². The molecule has 6 heteroatoms. The molecule has 13 aromatic rings. The van der Waals surface area contributed by atoms with Crippen LogP contribution in [-0.4, -0.2) is 11.4 Å². The number of anilines is 5. The molecule has 0 unspecified atom stereocenters. The molecule has 3 aromatic heterocycles. The van der Waals surface area contributed by atoms with E-state index in [0.717, 1.165) is 83.4 Å². The van der Waals surface area contributed by atoms with Crippen molar-refractivity contribution in [3.8, 4) is 27.9 Å². The Hall–Kier alpha value is -8.74. The first kappa shape index (κ1) is 44.6. The second-order valence-electron chi connectivity index (χ2n) is 24.5. The molecular formula is C71H56BN3O2. The molecule has 10 aromatic carbocycles. The van der Waals surface area contributed by atoms with Crippen LogP contribution in [0.5, 0.6) is 0 Å². The van der Waals surface area contributed by atoms with Crippen LogP contribution < -0.4 is 20.6 Å². The number of para-hydroxylation sites is 3. The monoisotopic (exact) mass is 993 g/mol. The molecule has 0 radical (unpaired) electrons. The summed E-state index contributed by atoms with van der Waals surface area (Å²) in [5.74, 6) is 0. The van der Waals surface area contributed by atoms with Crippen molar-refractivity contribution in [3.63, 3.8) is 0 Å². The molecule has 0 saturated carbocycles. The molecular weight excluding hydrogens is 938 g/mol. The third kappa shape index (κ3) is 6.07. The van der Waals surface area contributed by atoms with Crippen molar-refractivity contribution < 1.29 is 8.83 Å². The van der Waals surface area contributed by atoms with E-state index in [4.69, 9.17) is 8.83 Å². The van der Waals surface area contributed by atoms with Crippen molar-refractivity contribution in [1.82, 2.24) is 4.57 Å². The Bertz CT molecular complexity index is 4640. The zero-order valence-electron chi connectivity index (χ0n) is 44.7. The maximum absolute atomic E-state index is 7.43. The maximum atomic E-state index is 7.43. The fourth-order valence-electron chi connectivity index (χ4n) is 13.8. The molecule has 5 nitrogen and oxygen atoms in total. The summed E-state index contributed by atoms with van der Waals surface area (Å²) in [7, 11) is 0. The Morgan fingerprint density at radius 2 is 1.14 bits per heavy atom. The summed E-state index contributed by atoms with van der Waals surface area (Å²) in [6, 6.07) is 72.2. The van der Waals surface area contributed by atoms with E-state index >= 15 is 0 Å². The molecule has 1 aliphatic carbocycles. The summed E-state index contributed by atoms with van der Waals surface area (Å²) < 4.78 is 17.3. The van der Waals surface area contributed by atoms with Crippen molar-refractivity contribution in [2.24, 2.45) is 0 Å². The van der Waals surface area contributed by atoms with Crippen LogP contribution in [0.4, 0.5) is 28.4 Å². The number of benzene rings is 10. The standard InChI is InChI=1S/C71H56BN3O2/c1-69(2,3)41-27-30-45(31-28-41)75-58-40-62-51(48-33-32-46(36-61(48)76-62)73(43-19-11-9-12-20-43)44-21-13-10-14-22-44)37-53(58)65-66-67-63(64-49-24-16-18-26-60(49)77-68(64)65)52-35-42(70(4,5)6)29-34-57(52)74(67)59-38-50-47-23-15-17-25-54(47)71(7,8)55(50)39-56(59)72(66)75/h9-40H,1-8H3. The van der Waals surface area contributed by atoms with Gasteiger partial charge in [0.1, 0.15) is 22.3 Å². The lowest BCUT2D eigenvalue weighted by molar-refractivity contribution is 0.590. The molecule has 2 aliphatic heterocycles. The molecule has 0 amide bonds. The minimum absolute atomic E-state index is 0.0225. The maximum Gasteiger partial charge on any atom is 0.333 e. The first-order valence-corrected chi connectivity index (χ1v) is 27.3. The van der Waals surface area contributed by atoms with Gasteiger partial charge in [-0.1, -0.05) is 159 Å². The molecule has 0 spiro atoms. The highest BCUT2D eigenvalue weighted by Gasteiger charge is 2.48. The Labute approximate surface area is 448 Å². The van der Waals surface area contributed by atoms with Crippen LogP contribution in [0, 0.1) is 0 Å². The molecule has 77 heavy (non-hydrogen) atoms. The van der Waals surface area contributed by atoms with Crippen LogP contribution in [0.3, 0.4) is 0 Å². The number of hydrogen-bond donors (Lipinski definition) is 0. The van der Waals surface area contributed by atoms with Crippen LogP contribution in [0.15, 0.2) is 203 Å². The van der Waals surface area contributed by atoms with Gasteiger partial charge in [-0.05, 0) is 134 Å². The first-order chi connectivity index (χ1) is 37.2. The topological polar surface area (TPSA) is 37.7 Å². The SMILES string of the molecule is CC(C)(C)c1ccc(N2B3c4cc5c(cc4-n4c6ccc(C(C)(C)C)cc6c6c7c(oc8ccccc87)c(c3c64)-c3cc4c(cc32)oc2cc(N(c3ccccc3)c3ccccc3)ccc24)-c2ccccc2C5(C)C)cc1. The van der Waals surface area contributed by atoms with E-state index in [1.54, 1.807) is 0 Å². The van der Waals surface area contributed by atoms with E-state index < -0.39 is 0 Å². The molecule has 5 heterocycles. The average molecular weight is 994 g/mol. The van der Waals surface area contributed by atoms with Crippen molar-refractivity contribution in [2.45, 2.75) is 71.6 Å². The number of furan rings is 2. The number of aromatic nitrogens is 1. The fourth-order valence-corrected chi connectivity index (χ4v) is 13.8. The lowest BCUT2D eigenvalue weighted by Gasteiger charge is -2.42. The van der Waals surface area contributed by atoms with Gasteiger partial charge in [-0.25, -0.2) is 0 Å². The van der Waals surface area contributed by atoms with E-state index in [1.807, 2.05) is 0 Å². The van der Waals surface area contributed by atoms with Crippen LogP contribution in [0.1, 0.15) is 77.6 Å². The van der Waals surface area contributed by atoms with Crippen LogP contribution in [-0.2, 0) is 16.2 Å². The van der Waals surface area contributed by atoms with E-state index in [1.165, 1.54) is 71.8 Å². The second-order valence-corrected chi connectivity index (χ2v) is 24.5. The quantitative estimate of drug-likeness (QED) is 0.165. The van der Waals surface area contributed by atoms with Gasteiger partial charge in [0.15, 0.2) is 0 Å². The number of fused-ring (bicyclic) bond motifs is 19. The summed E-state index contributed by atoms with van der Waals surface area (Å²) >= 11 is 0. The highest BCUT2D eigenvalue weighted by Crippen LogP contribution is 2.55. The third-order valence-electron chi connectivity index (χ3n) is 17.6. The van der Waals surface area contributed by atoms with Gasteiger partial charge in [0.2, 0.25) is 0 Å². The smallest absolute Gasteiger partial charge is 0.333 e. The van der Waals surface area contributed by atoms with Crippen LogP contribution in [0.2, 0.25) is 0 Å². The fraction of sp³-hybridized carbons (Fsp3) is 0.155. The Morgan fingerprint density at radius 3 is 1.88 bits per heavy atom. The Balaban J connectivity index is 1.06. The minimum atomic E-state index is -0.240. The van der Waals surface area contributed by atoms with Gasteiger partial charge in [0, 0.05) is 95.1 Å². The number of rotatable bonds is 4. The summed E-state index contributed by atoms with van der Waals surface area (Å²) in [6.07, 6.45) is 0. The molecule has 16 rings (SSSR count). The normalized spacial score (nSPS) is 14.3. The minimum Gasteiger partial charge on any atom is -0.456 e. The number of nitrogens with zero attached hydrogens (tertiary/aromatic N) is 3. The van der Waals surface area contributed by atoms with E-state index in [-0.39, 0.29) is 23.1 Å². The highest BCUT2D eigenvalue weighted by molar-refractivity contribution is 6.94. The predicted octanol–water partition coefficient (Wildman–Crippen LogP) is 18.2. The zero-order valence-corrected chi connectivity index (χ0v) is 44.7. The third-order valence-corrected chi connectivity index (χ3v) is 17.6. The first-order valence-electron chi connectivity index (χ1n) is 27.3. The summed E-state index contributed by atoms with van der Waals surface area (Å²) in [5, 5.41) is 6.92. The number of hydrogen-bond acceptors (Lipinski definition) is 4. The van der Waals surface area contributed by atoms with E-state index in [0.29, 0.717) is 0 Å². The molecule has 0 N–H and O–H groups in total. The van der Waals surface area contributed by atoms with Crippen molar-refractivity contribution in [3.05, 3.63) is 216 Å². The van der Waals surface area contributed by atoms with Gasteiger partial charge in [0.25, 0.3) is 0 Å². The highest BCUT2D eigenvalue weighted by atomic mass is 16.3. The van der Waals surface area contributed by atoms with Crippen molar-refractivity contribution >= 4 is 112 Å². The predicted molar refractivity (Wildman–Crippen MR) is 324 cm³/mol. The molecule has 3 aliphatic rings. The van der Waals surface area contributed by atoms with Crippen LogP contribution >= 0.6 is 0 Å². The Morgan fingerprint density at radius 1 is 0.468 bits per heavy atom. The molecule has 370 valence electrons. The largest absolute Gasteiger partial charge is 0.456 e. The van der Waals surface area contributed by atoms with E-state index in [2.05, 4.69) is 264 Å². The second kappa shape index (κ2) is 15.2. The summed E-state index contributed by atoms with van der Waals surface area (Å²) in [6.45, 7) is 18.5. The Kier molecular flexibility index (Phi) is 8.81. The van der Waals surface area contributed by atoms with Gasteiger partial charge in [-0.3, -0.25) is 0 Å². The molecule has 0 fully saturated rings. The molecule has 0 bridgehead atoms. The van der Waals surface area contributed by atoms with Gasteiger partial charge in [0.05, 0.1) is 11.0 Å². The molecule has 0 saturated heterocycles. The van der Waals surface area contributed by atoms with Gasteiger partial charge >= 0.3 is 6.85 Å². The zero-order chi connectivity index (χ0) is 52.0. The summed E-state index contributed by atoms with van der Waals surface area (Å²) in [4.78, 5) is 4.95.